The number of aromatic nitrogens is 1. The maximum atomic E-state index is 13.2. The van der Waals surface area contributed by atoms with Gasteiger partial charge in [0, 0.05) is 57.4 Å². The fourth-order valence-corrected chi connectivity index (χ4v) is 5.47. The number of piperidine rings is 1. The first-order valence-corrected chi connectivity index (χ1v) is 12.8. The molecule has 1 N–H and O–H groups in total. The Balaban J connectivity index is 1.12. The number of amides is 1. The highest BCUT2D eigenvalue weighted by Gasteiger charge is 2.31. The highest BCUT2D eigenvalue weighted by molar-refractivity contribution is 5.77. The van der Waals surface area contributed by atoms with E-state index >= 15 is 0 Å². The molecule has 2 aromatic rings. The first-order chi connectivity index (χ1) is 16.7. The smallest absolute Gasteiger partial charge is 0.222 e. The lowest BCUT2D eigenvalue weighted by molar-refractivity contribution is -0.133. The third-order valence-electron chi connectivity index (χ3n) is 7.52. The van der Waals surface area contributed by atoms with Crippen molar-refractivity contribution in [1.82, 2.24) is 20.3 Å². The third-order valence-corrected chi connectivity index (χ3v) is 7.52. The molecule has 4 heterocycles. The molecule has 1 aromatic heterocycles. The monoisotopic (exact) mass is 467 g/mol. The Morgan fingerprint density at radius 1 is 1.03 bits per heavy atom. The van der Waals surface area contributed by atoms with E-state index < -0.39 is 0 Å². The quantitative estimate of drug-likeness (QED) is 0.668. The van der Waals surface area contributed by atoms with Gasteiger partial charge in [-0.2, -0.15) is 0 Å². The Kier molecular flexibility index (Phi) is 7.78. The zero-order valence-electron chi connectivity index (χ0n) is 20.0. The topological polar surface area (TPSA) is 74.1 Å². The molecule has 8 heteroatoms. The van der Waals surface area contributed by atoms with Crippen LogP contribution >= 0.6 is 0 Å². The molecule has 1 aromatic carbocycles. The lowest BCUT2D eigenvalue weighted by Gasteiger charge is -2.38. The summed E-state index contributed by atoms with van der Waals surface area (Å²) in [6.07, 6.45) is 2.54. The van der Waals surface area contributed by atoms with Gasteiger partial charge in [-0.05, 0) is 49.9 Å². The second-order valence-electron chi connectivity index (χ2n) is 9.80. The third kappa shape index (κ3) is 5.98. The molecule has 3 fully saturated rings. The van der Waals surface area contributed by atoms with Crippen molar-refractivity contribution in [3.8, 4) is 0 Å². The lowest BCUT2D eigenvalue weighted by Crippen LogP contribution is -2.50. The van der Waals surface area contributed by atoms with Crippen LogP contribution in [0.3, 0.4) is 0 Å². The Bertz CT molecular complexity index is 906. The van der Waals surface area contributed by atoms with Crippen molar-refractivity contribution in [2.45, 2.75) is 25.8 Å². The summed E-state index contributed by atoms with van der Waals surface area (Å²) in [4.78, 5) is 19.9. The van der Waals surface area contributed by atoms with Gasteiger partial charge in [-0.25, -0.2) is 0 Å². The summed E-state index contributed by atoms with van der Waals surface area (Å²) in [5, 5.41) is 7.88. The highest BCUT2D eigenvalue weighted by Crippen LogP contribution is 2.27. The van der Waals surface area contributed by atoms with Crippen LogP contribution in [0.2, 0.25) is 0 Å². The Hall–Kier alpha value is -2.42. The van der Waals surface area contributed by atoms with Gasteiger partial charge in [0.15, 0.2) is 5.76 Å². The van der Waals surface area contributed by atoms with Crippen LogP contribution in [0.15, 0.2) is 40.9 Å². The Labute approximate surface area is 202 Å². The predicted molar refractivity (Wildman–Crippen MR) is 131 cm³/mol. The van der Waals surface area contributed by atoms with Crippen molar-refractivity contribution >= 4 is 11.6 Å². The maximum absolute atomic E-state index is 13.2. The molecule has 184 valence electrons. The van der Waals surface area contributed by atoms with E-state index in [2.05, 4.69) is 55.5 Å². The Morgan fingerprint density at radius 2 is 1.82 bits per heavy atom. The van der Waals surface area contributed by atoms with E-state index in [1.165, 1.54) is 5.69 Å². The van der Waals surface area contributed by atoms with E-state index in [0.717, 1.165) is 96.4 Å². The summed E-state index contributed by atoms with van der Waals surface area (Å²) < 4.78 is 11.1. The van der Waals surface area contributed by atoms with Crippen LogP contribution in [0.1, 0.15) is 24.3 Å². The second-order valence-corrected chi connectivity index (χ2v) is 9.80. The molecule has 0 radical (unpaired) electrons. The first-order valence-electron chi connectivity index (χ1n) is 12.8. The maximum Gasteiger partial charge on any atom is 0.222 e. The van der Waals surface area contributed by atoms with E-state index in [1.54, 1.807) is 0 Å². The molecule has 0 bridgehead atoms. The number of carbonyl (C=O) groups is 1. The van der Waals surface area contributed by atoms with Gasteiger partial charge in [-0.1, -0.05) is 23.4 Å². The number of morpholine rings is 1. The number of benzene rings is 1. The van der Waals surface area contributed by atoms with Crippen molar-refractivity contribution in [2.75, 3.05) is 70.5 Å². The van der Waals surface area contributed by atoms with Gasteiger partial charge >= 0.3 is 0 Å². The minimum absolute atomic E-state index is 0.303. The highest BCUT2D eigenvalue weighted by atomic mass is 16.5. The van der Waals surface area contributed by atoms with Crippen LogP contribution in [-0.4, -0.2) is 86.4 Å². The number of hydrogen-bond donors (Lipinski definition) is 1. The van der Waals surface area contributed by atoms with Crippen LogP contribution in [0.4, 0.5) is 5.69 Å². The average Bonchev–Trinajstić information content (AvgIpc) is 3.33. The Morgan fingerprint density at radius 3 is 2.62 bits per heavy atom. The van der Waals surface area contributed by atoms with E-state index in [-0.39, 0.29) is 0 Å². The second kappa shape index (κ2) is 11.3. The molecule has 3 aliphatic heterocycles. The molecule has 3 saturated heterocycles. The van der Waals surface area contributed by atoms with Gasteiger partial charge in [0.25, 0.3) is 0 Å². The fourth-order valence-electron chi connectivity index (χ4n) is 5.47. The first kappa shape index (κ1) is 23.3. The van der Waals surface area contributed by atoms with E-state index in [0.29, 0.717) is 24.2 Å². The molecule has 0 saturated carbocycles. The number of nitrogens with zero attached hydrogens (tertiary/aromatic N) is 4. The standard InChI is InChI=1S/C26H37N5O3/c32-26(31-10-8-30(9-11-31)24-4-2-1-3-5-24)17-21-6-7-27-19-22(21)16-23-18-25(34-28-23)20-29-12-14-33-15-13-29/h1-5,18,21-22,27H,6-17,19-20H2. The molecule has 2 unspecified atom stereocenters. The number of para-hydroxylation sites is 1. The largest absolute Gasteiger partial charge is 0.379 e. The van der Waals surface area contributed by atoms with Crippen LogP contribution in [0, 0.1) is 11.8 Å². The van der Waals surface area contributed by atoms with Gasteiger partial charge < -0.3 is 24.4 Å². The van der Waals surface area contributed by atoms with Crippen LogP contribution in [0.25, 0.3) is 0 Å². The van der Waals surface area contributed by atoms with Crippen molar-refractivity contribution in [3.63, 3.8) is 0 Å². The van der Waals surface area contributed by atoms with E-state index in [4.69, 9.17) is 9.26 Å². The fraction of sp³-hybridized carbons (Fsp3) is 0.615. The predicted octanol–water partition coefficient (Wildman–Crippen LogP) is 2.01. The molecule has 3 aliphatic rings. The number of ether oxygens (including phenoxy) is 1. The normalized spacial score (nSPS) is 24.4. The molecular weight excluding hydrogens is 430 g/mol. The SMILES string of the molecule is O=C(CC1CCNCC1Cc1cc(CN2CCOCC2)on1)N1CCN(c2ccccc2)CC1. The molecule has 0 aliphatic carbocycles. The number of nitrogens with one attached hydrogen (secondary N) is 1. The van der Waals surface area contributed by atoms with Crippen LogP contribution in [-0.2, 0) is 22.5 Å². The zero-order chi connectivity index (χ0) is 23.2. The van der Waals surface area contributed by atoms with Crippen molar-refractivity contribution in [1.29, 1.82) is 0 Å². The zero-order valence-corrected chi connectivity index (χ0v) is 20.0. The van der Waals surface area contributed by atoms with Gasteiger partial charge in [0.1, 0.15) is 0 Å². The van der Waals surface area contributed by atoms with E-state index in [1.807, 2.05) is 6.07 Å². The number of piperazine rings is 1. The number of anilines is 1. The van der Waals surface area contributed by atoms with Gasteiger partial charge in [-0.3, -0.25) is 9.69 Å². The summed E-state index contributed by atoms with van der Waals surface area (Å²) in [6.45, 7) is 9.55. The molecule has 5 rings (SSSR count). The lowest BCUT2D eigenvalue weighted by atomic mass is 9.81. The van der Waals surface area contributed by atoms with Crippen LogP contribution in [0.5, 0.6) is 0 Å². The van der Waals surface area contributed by atoms with Crippen molar-refractivity contribution < 1.29 is 14.1 Å². The minimum Gasteiger partial charge on any atom is -0.379 e. The molecule has 0 spiro atoms. The molecule has 1 amide bonds. The van der Waals surface area contributed by atoms with Crippen LogP contribution < -0.4 is 10.2 Å². The molecule has 2 atom stereocenters. The summed E-state index contributed by atoms with van der Waals surface area (Å²) in [5.41, 5.74) is 2.25. The number of hydrogen-bond acceptors (Lipinski definition) is 7. The minimum atomic E-state index is 0.303. The van der Waals surface area contributed by atoms with Gasteiger partial charge in [0.05, 0.1) is 25.5 Å². The number of carbonyl (C=O) groups excluding carboxylic acids is 1. The molecule has 34 heavy (non-hydrogen) atoms. The number of rotatable bonds is 7. The summed E-state index contributed by atoms with van der Waals surface area (Å²) in [5.74, 6) is 2.02. The van der Waals surface area contributed by atoms with Crippen molar-refractivity contribution in [3.05, 3.63) is 47.9 Å². The summed E-state index contributed by atoms with van der Waals surface area (Å²) in [6, 6.07) is 12.6. The van der Waals surface area contributed by atoms with Crippen molar-refractivity contribution in [2.24, 2.45) is 11.8 Å². The average molecular weight is 468 g/mol. The van der Waals surface area contributed by atoms with Gasteiger partial charge in [-0.15, -0.1) is 0 Å². The molecular formula is C26H37N5O3. The summed E-state index contributed by atoms with van der Waals surface area (Å²) in [7, 11) is 0. The molecule has 8 nitrogen and oxygen atoms in total. The van der Waals surface area contributed by atoms with E-state index in [9.17, 15) is 4.79 Å². The van der Waals surface area contributed by atoms with Gasteiger partial charge in [0.2, 0.25) is 5.91 Å². The summed E-state index contributed by atoms with van der Waals surface area (Å²) >= 11 is 0.